The molecule has 232 valence electrons. The zero-order valence-electron chi connectivity index (χ0n) is 25.6. The lowest BCUT2D eigenvalue weighted by Gasteiger charge is -2.47. The van der Waals surface area contributed by atoms with E-state index in [-0.39, 0.29) is 35.8 Å². The molecule has 3 fully saturated rings. The smallest absolute Gasteiger partial charge is 0.241 e. The van der Waals surface area contributed by atoms with Crippen molar-refractivity contribution < 1.29 is 29.0 Å². The maximum Gasteiger partial charge on any atom is 0.241 e. The van der Waals surface area contributed by atoms with Crippen molar-refractivity contribution in [3.63, 3.8) is 0 Å². The van der Waals surface area contributed by atoms with Crippen molar-refractivity contribution in [1.29, 1.82) is 0 Å². The number of anilines is 2. The van der Waals surface area contributed by atoms with Gasteiger partial charge >= 0.3 is 0 Å². The minimum absolute atomic E-state index is 0.00797. The first-order valence-corrected chi connectivity index (χ1v) is 15.5. The molecule has 2 heterocycles. The van der Waals surface area contributed by atoms with Crippen LogP contribution in [0.2, 0.25) is 0 Å². The number of hydrogen-bond acceptors (Lipinski definition) is 6. The predicted molar refractivity (Wildman–Crippen MR) is 175 cm³/mol. The van der Waals surface area contributed by atoms with Crippen LogP contribution in [0.3, 0.4) is 0 Å². The van der Waals surface area contributed by atoms with Gasteiger partial charge in [0.1, 0.15) is 0 Å². The molecular formula is C38H34N2O6. The third-order valence-electron chi connectivity index (χ3n) is 10.4. The molecule has 7 rings (SSSR count). The van der Waals surface area contributed by atoms with E-state index in [0.717, 1.165) is 16.7 Å². The van der Waals surface area contributed by atoms with Crippen molar-refractivity contribution in [3.05, 3.63) is 108 Å². The summed E-state index contributed by atoms with van der Waals surface area (Å²) in [4.78, 5) is 59.2. The predicted octanol–water partition coefficient (Wildman–Crippen LogP) is 6.02. The van der Waals surface area contributed by atoms with Crippen molar-refractivity contribution in [3.8, 4) is 11.5 Å². The van der Waals surface area contributed by atoms with E-state index in [4.69, 9.17) is 4.74 Å². The number of carbonyl (C=O) groups is 4. The SMILES string of the molecule is C=Cc1ccc(N2C(=O)[C@H]3[C@H](CC=C4[C@H]3C[C@H]3C(=O)N(c5ccccc5)C(=O)[C@@]3(C)[C@H]4C=Cc3ccc(O)c(OC)c3)C2=O)cc1. The number of carbonyl (C=O) groups excluding carboxylic acids is 4. The minimum atomic E-state index is -1.12. The number of benzene rings is 3. The highest BCUT2D eigenvalue weighted by atomic mass is 16.5. The number of phenolic OH excluding ortho intramolecular Hbond substituents is 1. The Morgan fingerprint density at radius 1 is 0.870 bits per heavy atom. The molecule has 46 heavy (non-hydrogen) atoms. The Labute approximate surface area is 267 Å². The van der Waals surface area contributed by atoms with E-state index >= 15 is 0 Å². The summed E-state index contributed by atoms with van der Waals surface area (Å²) in [6, 6.07) is 21.1. The first-order chi connectivity index (χ1) is 22.2. The van der Waals surface area contributed by atoms with Crippen LogP contribution in [0.5, 0.6) is 11.5 Å². The molecule has 0 spiro atoms. The third kappa shape index (κ3) is 4.27. The molecule has 0 radical (unpaired) electrons. The molecule has 3 aromatic carbocycles. The summed E-state index contributed by atoms with van der Waals surface area (Å²) >= 11 is 0. The summed E-state index contributed by atoms with van der Waals surface area (Å²) in [6.07, 6.45) is 8.18. The summed E-state index contributed by atoms with van der Waals surface area (Å²) in [6.45, 7) is 5.63. The van der Waals surface area contributed by atoms with Gasteiger partial charge in [0, 0.05) is 5.92 Å². The van der Waals surface area contributed by atoms with Gasteiger partial charge in [-0.05, 0) is 73.2 Å². The van der Waals surface area contributed by atoms with Crippen LogP contribution in [-0.2, 0) is 19.2 Å². The number of allylic oxidation sites excluding steroid dienone is 3. The van der Waals surface area contributed by atoms with Gasteiger partial charge in [-0.1, -0.05) is 72.9 Å². The molecule has 1 N–H and O–H groups in total. The van der Waals surface area contributed by atoms with Crippen LogP contribution in [0.1, 0.15) is 30.9 Å². The second-order valence-electron chi connectivity index (χ2n) is 12.6. The van der Waals surface area contributed by atoms with Crippen LogP contribution in [0.25, 0.3) is 12.2 Å². The quantitative estimate of drug-likeness (QED) is 0.269. The van der Waals surface area contributed by atoms with Crippen molar-refractivity contribution in [2.24, 2.45) is 35.0 Å². The molecule has 8 heteroatoms. The molecule has 2 aliphatic heterocycles. The Morgan fingerprint density at radius 3 is 2.26 bits per heavy atom. The van der Waals surface area contributed by atoms with Gasteiger partial charge < -0.3 is 9.84 Å². The second kappa shape index (κ2) is 11.0. The van der Waals surface area contributed by atoms with E-state index in [9.17, 15) is 24.3 Å². The van der Waals surface area contributed by atoms with Gasteiger partial charge in [-0.2, -0.15) is 0 Å². The summed E-state index contributed by atoms with van der Waals surface area (Å²) < 4.78 is 5.30. The fourth-order valence-corrected chi connectivity index (χ4v) is 8.06. The van der Waals surface area contributed by atoms with Gasteiger partial charge in [-0.15, -0.1) is 0 Å². The van der Waals surface area contributed by atoms with E-state index < -0.39 is 35.0 Å². The normalized spacial score (nSPS) is 28.7. The summed E-state index contributed by atoms with van der Waals surface area (Å²) in [7, 11) is 1.47. The highest BCUT2D eigenvalue weighted by Crippen LogP contribution is 2.61. The number of fused-ring (bicyclic) bond motifs is 4. The lowest BCUT2D eigenvalue weighted by molar-refractivity contribution is -0.132. The Bertz CT molecular complexity index is 1840. The zero-order valence-corrected chi connectivity index (χ0v) is 25.6. The molecule has 4 amide bonds. The van der Waals surface area contributed by atoms with E-state index in [2.05, 4.69) is 6.58 Å². The number of aromatic hydroxyl groups is 1. The van der Waals surface area contributed by atoms with Gasteiger partial charge in [-0.25, -0.2) is 4.90 Å². The van der Waals surface area contributed by atoms with E-state index in [1.54, 1.807) is 54.6 Å². The average Bonchev–Trinajstić information content (AvgIpc) is 3.44. The van der Waals surface area contributed by atoms with E-state index in [1.807, 2.05) is 43.4 Å². The largest absolute Gasteiger partial charge is 0.504 e. The number of ether oxygens (including phenoxy) is 1. The molecule has 8 nitrogen and oxygen atoms in total. The van der Waals surface area contributed by atoms with Gasteiger partial charge in [0.2, 0.25) is 23.6 Å². The van der Waals surface area contributed by atoms with Crippen LogP contribution in [-0.4, -0.2) is 35.8 Å². The van der Waals surface area contributed by atoms with Gasteiger partial charge in [0.05, 0.1) is 41.7 Å². The lowest BCUT2D eigenvalue weighted by Crippen LogP contribution is -2.49. The fourth-order valence-electron chi connectivity index (χ4n) is 8.06. The molecule has 6 atom stereocenters. The summed E-state index contributed by atoms with van der Waals surface area (Å²) in [5.41, 5.74) is 2.43. The van der Waals surface area contributed by atoms with Crippen LogP contribution in [0.15, 0.2) is 97.1 Å². The average molecular weight is 615 g/mol. The van der Waals surface area contributed by atoms with Gasteiger partial charge in [0.15, 0.2) is 11.5 Å². The number of nitrogens with zero attached hydrogens (tertiary/aromatic N) is 2. The second-order valence-corrected chi connectivity index (χ2v) is 12.6. The molecule has 2 saturated heterocycles. The molecule has 0 aromatic heterocycles. The van der Waals surface area contributed by atoms with Crippen molar-refractivity contribution >= 4 is 47.2 Å². The van der Waals surface area contributed by atoms with Crippen molar-refractivity contribution in [2.75, 3.05) is 16.9 Å². The third-order valence-corrected chi connectivity index (χ3v) is 10.4. The molecule has 0 bridgehead atoms. The Balaban J connectivity index is 1.32. The number of para-hydroxylation sites is 1. The minimum Gasteiger partial charge on any atom is -0.504 e. The Kier molecular flexibility index (Phi) is 7.03. The molecular weight excluding hydrogens is 580 g/mol. The summed E-state index contributed by atoms with van der Waals surface area (Å²) in [5.74, 6) is -3.59. The topological polar surface area (TPSA) is 104 Å². The lowest BCUT2D eigenvalue weighted by atomic mass is 9.52. The number of rotatable bonds is 6. The monoisotopic (exact) mass is 614 g/mol. The maximum atomic E-state index is 14.4. The van der Waals surface area contributed by atoms with Crippen LogP contribution >= 0.6 is 0 Å². The zero-order chi connectivity index (χ0) is 32.3. The van der Waals surface area contributed by atoms with Crippen molar-refractivity contribution in [1.82, 2.24) is 0 Å². The van der Waals surface area contributed by atoms with E-state index in [0.29, 0.717) is 23.5 Å². The molecule has 3 aromatic rings. The summed E-state index contributed by atoms with van der Waals surface area (Å²) in [5, 5.41) is 10.1. The van der Waals surface area contributed by atoms with Gasteiger partial charge in [-0.3, -0.25) is 24.1 Å². The first-order valence-electron chi connectivity index (χ1n) is 15.5. The Hall–Kier alpha value is -5.24. The molecule has 4 aliphatic rings. The number of imide groups is 2. The number of hydrogen-bond donors (Lipinski definition) is 1. The highest BCUT2D eigenvalue weighted by Gasteiger charge is 2.66. The first kappa shape index (κ1) is 29.5. The van der Waals surface area contributed by atoms with Crippen molar-refractivity contribution in [2.45, 2.75) is 19.8 Å². The Morgan fingerprint density at radius 2 is 1.57 bits per heavy atom. The van der Waals surface area contributed by atoms with Crippen LogP contribution in [0, 0.1) is 35.0 Å². The van der Waals surface area contributed by atoms with Crippen LogP contribution < -0.4 is 14.5 Å². The fraction of sp³-hybridized carbons (Fsp3) is 0.263. The number of methoxy groups -OCH3 is 1. The standard InChI is InChI=1S/C38H34N2O6/c1-4-22-10-14-25(15-11-22)39-34(42)27-17-16-26-28(33(27)36(39)44)21-30-35(43)40(24-8-6-5-7-9-24)37(45)38(30,2)29(26)18-12-23-13-19-31(41)32(20-23)46-3/h4-16,18-20,27-30,33,41H,1,17,21H2,2-3H3/t27-,28+,29-,30-,33-,38-/m0/s1. The van der Waals surface area contributed by atoms with Crippen LogP contribution in [0.4, 0.5) is 11.4 Å². The molecule has 0 unspecified atom stereocenters. The maximum absolute atomic E-state index is 14.4. The number of amides is 4. The van der Waals surface area contributed by atoms with Gasteiger partial charge in [0.25, 0.3) is 0 Å². The highest BCUT2D eigenvalue weighted by molar-refractivity contribution is 6.25. The molecule has 2 aliphatic carbocycles. The van der Waals surface area contributed by atoms with E-state index in [1.165, 1.54) is 23.0 Å². The molecule has 1 saturated carbocycles. The number of phenols is 1.